The van der Waals surface area contributed by atoms with E-state index in [0.29, 0.717) is 6.42 Å². The molecule has 7 heteroatoms. The molecule has 174 valence electrons. The van der Waals surface area contributed by atoms with Crippen molar-refractivity contribution in [1.29, 1.82) is 0 Å². The van der Waals surface area contributed by atoms with E-state index in [2.05, 4.69) is 27.2 Å². The number of halogens is 3. The molecule has 1 fully saturated rings. The summed E-state index contributed by atoms with van der Waals surface area (Å²) in [6.07, 6.45) is -3.86. The van der Waals surface area contributed by atoms with E-state index in [4.69, 9.17) is 0 Å². The summed E-state index contributed by atoms with van der Waals surface area (Å²) in [6, 6.07) is 9.55. The summed E-state index contributed by atoms with van der Waals surface area (Å²) >= 11 is 0. The van der Waals surface area contributed by atoms with Crippen molar-refractivity contribution in [3.8, 4) is 0 Å². The lowest BCUT2D eigenvalue weighted by molar-refractivity contribution is -0.137. The maximum absolute atomic E-state index is 12.8. The second-order valence-electron chi connectivity index (χ2n) is 9.76. The number of carbonyl (C=O) groups excluding carboxylic acids is 1. The van der Waals surface area contributed by atoms with E-state index in [9.17, 15) is 18.0 Å². The molecule has 0 atom stereocenters. The van der Waals surface area contributed by atoms with Crippen molar-refractivity contribution in [2.75, 3.05) is 41.3 Å². The van der Waals surface area contributed by atoms with Crippen molar-refractivity contribution in [3.63, 3.8) is 0 Å². The van der Waals surface area contributed by atoms with Crippen molar-refractivity contribution < 1.29 is 18.0 Å². The van der Waals surface area contributed by atoms with Gasteiger partial charge in [-0.05, 0) is 66.8 Å². The van der Waals surface area contributed by atoms with Gasteiger partial charge in [0.2, 0.25) is 5.91 Å². The van der Waals surface area contributed by atoms with Crippen LogP contribution in [0.25, 0.3) is 0 Å². The third kappa shape index (κ3) is 5.96. The van der Waals surface area contributed by atoms with Crippen LogP contribution in [-0.4, -0.2) is 32.1 Å². The summed E-state index contributed by atoms with van der Waals surface area (Å²) in [6.45, 7) is 13.1. The number of alkyl halides is 3. The zero-order valence-electron chi connectivity index (χ0n) is 19.4. The van der Waals surface area contributed by atoms with Crippen LogP contribution >= 0.6 is 0 Å². The maximum Gasteiger partial charge on any atom is 0.416 e. The summed E-state index contributed by atoms with van der Waals surface area (Å²) in [5, 5.41) is 3.06. The second kappa shape index (κ2) is 9.04. The van der Waals surface area contributed by atoms with E-state index < -0.39 is 11.7 Å². The molecule has 0 bridgehead atoms. The first-order valence-corrected chi connectivity index (χ1v) is 10.9. The van der Waals surface area contributed by atoms with Gasteiger partial charge in [-0.2, -0.15) is 13.2 Å². The molecule has 1 aliphatic rings. The molecule has 4 nitrogen and oxygen atoms in total. The average molecular weight is 448 g/mol. The SMILES string of the molecule is Cc1cc(N2CCN(c3ccc(C(F)(F)F)cc3)CC2)cc(C)c1NC(=O)CC(C)(C)C. The lowest BCUT2D eigenvalue weighted by Gasteiger charge is -2.38. The molecule has 32 heavy (non-hydrogen) atoms. The Kier molecular flexibility index (Phi) is 6.77. The Hall–Kier alpha value is -2.70. The lowest BCUT2D eigenvalue weighted by atomic mass is 9.92. The minimum Gasteiger partial charge on any atom is -0.368 e. The summed E-state index contributed by atoms with van der Waals surface area (Å²) in [4.78, 5) is 16.8. The molecule has 2 aromatic rings. The van der Waals surface area contributed by atoms with Crippen molar-refractivity contribution in [1.82, 2.24) is 0 Å². The zero-order chi connectivity index (χ0) is 23.7. The van der Waals surface area contributed by atoms with Crippen LogP contribution in [0.3, 0.4) is 0 Å². The van der Waals surface area contributed by atoms with Crippen molar-refractivity contribution >= 4 is 23.0 Å². The minimum atomic E-state index is -4.31. The lowest BCUT2D eigenvalue weighted by Crippen LogP contribution is -2.46. The van der Waals surface area contributed by atoms with Gasteiger partial charge in [0, 0.05) is 49.7 Å². The van der Waals surface area contributed by atoms with Crippen molar-refractivity contribution in [2.45, 2.75) is 47.2 Å². The first-order valence-electron chi connectivity index (χ1n) is 10.9. The molecule has 0 aromatic heterocycles. The van der Waals surface area contributed by atoms with E-state index in [1.807, 2.05) is 34.6 Å². The molecule has 0 spiro atoms. The largest absolute Gasteiger partial charge is 0.416 e. The molecule has 2 aromatic carbocycles. The number of carbonyl (C=O) groups is 1. The van der Waals surface area contributed by atoms with Gasteiger partial charge in [-0.3, -0.25) is 4.79 Å². The molecule has 1 saturated heterocycles. The topological polar surface area (TPSA) is 35.6 Å². The summed E-state index contributed by atoms with van der Waals surface area (Å²) < 4.78 is 38.4. The molecule has 0 saturated carbocycles. The molecular weight excluding hydrogens is 415 g/mol. The van der Waals surface area contributed by atoms with Crippen LogP contribution < -0.4 is 15.1 Å². The fraction of sp³-hybridized carbons (Fsp3) is 0.480. The maximum atomic E-state index is 12.8. The van der Waals surface area contributed by atoms with Crippen LogP contribution in [-0.2, 0) is 11.0 Å². The van der Waals surface area contributed by atoms with Crippen LogP contribution in [0.15, 0.2) is 36.4 Å². The van der Waals surface area contributed by atoms with Crippen LogP contribution in [0.4, 0.5) is 30.2 Å². The smallest absolute Gasteiger partial charge is 0.368 e. The first kappa shape index (κ1) is 24.0. The standard InChI is InChI=1S/C25H32F3N3O/c1-17-14-21(15-18(2)23(17)29-22(32)16-24(3,4)5)31-12-10-30(11-13-31)20-8-6-19(7-9-20)25(26,27)28/h6-9,14-15H,10-13,16H2,1-5H3,(H,29,32). The van der Waals surface area contributed by atoms with Crippen LogP contribution in [0.1, 0.15) is 43.9 Å². The fourth-order valence-corrected chi connectivity index (χ4v) is 4.07. The molecule has 0 unspecified atom stereocenters. The summed E-state index contributed by atoms with van der Waals surface area (Å²) in [5.74, 6) is 0.0154. The molecule has 1 heterocycles. The van der Waals surface area contributed by atoms with Gasteiger partial charge in [-0.25, -0.2) is 0 Å². The number of nitrogens with one attached hydrogen (secondary N) is 1. The van der Waals surface area contributed by atoms with Crippen LogP contribution in [0.5, 0.6) is 0 Å². The number of aryl methyl sites for hydroxylation is 2. The van der Waals surface area contributed by atoms with E-state index in [0.717, 1.165) is 66.5 Å². The predicted octanol–water partition coefficient (Wildman–Crippen LogP) is 6.02. The summed E-state index contributed by atoms with van der Waals surface area (Å²) in [5.41, 5.74) is 4.12. The number of nitrogens with zero attached hydrogens (tertiary/aromatic N) is 2. The Bertz CT molecular complexity index is 931. The highest BCUT2D eigenvalue weighted by Gasteiger charge is 2.30. The van der Waals surface area contributed by atoms with Crippen LogP contribution in [0, 0.1) is 19.3 Å². The van der Waals surface area contributed by atoms with Gasteiger partial charge in [0.25, 0.3) is 0 Å². The van der Waals surface area contributed by atoms with Gasteiger partial charge in [0.15, 0.2) is 0 Å². The molecule has 1 aliphatic heterocycles. The number of piperazine rings is 1. The van der Waals surface area contributed by atoms with Gasteiger partial charge in [-0.15, -0.1) is 0 Å². The zero-order valence-corrected chi connectivity index (χ0v) is 19.4. The number of amides is 1. The number of hydrogen-bond acceptors (Lipinski definition) is 3. The molecule has 1 amide bonds. The Morgan fingerprint density at radius 2 is 1.34 bits per heavy atom. The summed E-state index contributed by atoms with van der Waals surface area (Å²) in [7, 11) is 0. The van der Waals surface area contributed by atoms with E-state index in [1.54, 1.807) is 12.1 Å². The Morgan fingerprint density at radius 1 is 0.875 bits per heavy atom. The number of anilines is 3. The Balaban J connectivity index is 1.65. The van der Waals surface area contributed by atoms with Gasteiger partial charge >= 0.3 is 6.18 Å². The highest BCUT2D eigenvalue weighted by molar-refractivity contribution is 5.93. The Morgan fingerprint density at radius 3 is 1.78 bits per heavy atom. The second-order valence-corrected chi connectivity index (χ2v) is 9.76. The first-order chi connectivity index (χ1) is 14.8. The van der Waals surface area contributed by atoms with Gasteiger partial charge in [0.05, 0.1) is 5.56 Å². The molecule has 0 radical (unpaired) electrons. The molecular formula is C25H32F3N3O. The van der Waals surface area contributed by atoms with Gasteiger partial charge in [0.1, 0.15) is 0 Å². The quantitative estimate of drug-likeness (QED) is 0.622. The predicted molar refractivity (Wildman–Crippen MR) is 124 cm³/mol. The fourth-order valence-electron chi connectivity index (χ4n) is 4.07. The van der Waals surface area contributed by atoms with E-state index in [-0.39, 0.29) is 11.3 Å². The third-order valence-electron chi connectivity index (χ3n) is 5.68. The number of rotatable bonds is 4. The highest BCUT2D eigenvalue weighted by Crippen LogP contribution is 2.32. The number of hydrogen-bond donors (Lipinski definition) is 1. The monoisotopic (exact) mass is 447 g/mol. The average Bonchev–Trinajstić information content (AvgIpc) is 2.69. The number of benzene rings is 2. The van der Waals surface area contributed by atoms with Crippen molar-refractivity contribution in [2.24, 2.45) is 5.41 Å². The van der Waals surface area contributed by atoms with E-state index in [1.165, 1.54) is 0 Å². The van der Waals surface area contributed by atoms with Crippen molar-refractivity contribution in [3.05, 3.63) is 53.1 Å². The molecule has 0 aliphatic carbocycles. The van der Waals surface area contributed by atoms with Gasteiger partial charge < -0.3 is 15.1 Å². The Labute approximate surface area is 188 Å². The molecule has 1 N–H and O–H groups in total. The minimum absolute atomic E-state index is 0.0154. The molecule has 3 rings (SSSR count). The normalized spacial score (nSPS) is 15.1. The highest BCUT2D eigenvalue weighted by atomic mass is 19.4. The van der Waals surface area contributed by atoms with Crippen LogP contribution in [0.2, 0.25) is 0 Å². The third-order valence-corrected chi connectivity index (χ3v) is 5.68. The van der Waals surface area contributed by atoms with Gasteiger partial charge in [-0.1, -0.05) is 20.8 Å². The van der Waals surface area contributed by atoms with E-state index >= 15 is 0 Å².